The number of alkyl halides is 1. The monoisotopic (exact) mass is 248 g/mol. The zero-order valence-corrected chi connectivity index (χ0v) is 10.2. The minimum atomic E-state index is -1.83. The molecule has 0 bridgehead atoms. The summed E-state index contributed by atoms with van der Waals surface area (Å²) in [4.78, 5) is 21.3. The minimum absolute atomic E-state index is 0.643. The van der Waals surface area contributed by atoms with E-state index in [4.69, 9.17) is 11.6 Å². The van der Waals surface area contributed by atoms with Gasteiger partial charge in [0.25, 0.3) is 5.00 Å². The molecule has 0 aliphatic carbocycles. The molecule has 90 valence electrons. The number of hydrogen-bond acceptors (Lipinski definition) is 6. The summed E-state index contributed by atoms with van der Waals surface area (Å²) in [5.41, 5.74) is -0.900. The first kappa shape index (κ1) is 12.9. The number of rotatable bonds is 2. The Labute approximate surface area is 98.0 Å². The molecule has 2 unspecified atom stereocenters. The predicted molar refractivity (Wildman–Crippen MR) is 55.0 cm³/mol. The molecule has 0 amide bonds. The Morgan fingerprint density at radius 2 is 1.75 bits per heavy atom. The third kappa shape index (κ3) is 1.77. The van der Waals surface area contributed by atoms with Crippen LogP contribution in [0.2, 0.25) is 0 Å². The Morgan fingerprint density at radius 3 is 2.19 bits per heavy atom. The first-order valence-corrected chi connectivity index (χ1v) is 4.96. The third-order valence-corrected chi connectivity index (χ3v) is 2.90. The Kier molecular flexibility index (Phi) is 3.23. The Hall–Kier alpha value is -1.17. The maximum Gasteiger partial charge on any atom is 0.352 e. The second-order valence-electron chi connectivity index (χ2n) is 3.97. The topological polar surface area (TPSA) is 77.3 Å². The lowest BCUT2D eigenvalue weighted by Gasteiger charge is -2.27. The molecule has 2 atom stereocenters. The predicted octanol–water partition coefficient (Wildman–Crippen LogP) is 1.13. The summed E-state index contributed by atoms with van der Waals surface area (Å²) < 4.78 is 9.13. The van der Waals surface area contributed by atoms with E-state index in [9.17, 15) is 9.59 Å². The highest BCUT2D eigenvalue weighted by atomic mass is 35.5. The van der Waals surface area contributed by atoms with Crippen molar-refractivity contribution >= 4 is 23.5 Å². The number of azo groups is 1. The van der Waals surface area contributed by atoms with E-state index in [0.717, 1.165) is 0 Å². The fraction of sp³-hybridized carbons (Fsp3) is 0.778. The molecule has 0 N–H and O–H groups in total. The lowest BCUT2D eigenvalue weighted by molar-refractivity contribution is -0.156. The summed E-state index contributed by atoms with van der Waals surface area (Å²) in [6, 6.07) is 0. The van der Waals surface area contributed by atoms with Crippen molar-refractivity contribution in [1.29, 1.82) is 0 Å². The summed E-state index contributed by atoms with van der Waals surface area (Å²) in [6.45, 7) is 3.29. The summed E-state index contributed by atoms with van der Waals surface area (Å²) in [7, 11) is 2.38. The van der Waals surface area contributed by atoms with Crippen molar-refractivity contribution in [1.82, 2.24) is 0 Å². The van der Waals surface area contributed by atoms with Gasteiger partial charge >= 0.3 is 11.9 Å². The van der Waals surface area contributed by atoms with Gasteiger partial charge in [0, 0.05) is 0 Å². The molecule has 0 saturated heterocycles. The molecule has 0 aromatic heterocycles. The van der Waals surface area contributed by atoms with Gasteiger partial charge in [0.05, 0.1) is 19.8 Å². The van der Waals surface area contributed by atoms with Crippen molar-refractivity contribution in [3.8, 4) is 0 Å². The number of esters is 2. The van der Waals surface area contributed by atoms with Crippen LogP contribution < -0.4 is 0 Å². The van der Waals surface area contributed by atoms with E-state index >= 15 is 0 Å². The van der Waals surface area contributed by atoms with Crippen molar-refractivity contribution in [3.63, 3.8) is 0 Å². The molecular formula is C9H13ClN2O4. The van der Waals surface area contributed by atoms with E-state index in [-0.39, 0.29) is 0 Å². The highest BCUT2D eigenvalue weighted by molar-refractivity contribution is 6.35. The van der Waals surface area contributed by atoms with E-state index in [1.54, 1.807) is 13.8 Å². The molecule has 1 aliphatic rings. The highest BCUT2D eigenvalue weighted by Gasteiger charge is 2.61. The third-order valence-electron chi connectivity index (χ3n) is 2.45. The van der Waals surface area contributed by atoms with Gasteiger partial charge in [-0.1, -0.05) is 11.6 Å². The van der Waals surface area contributed by atoms with Gasteiger partial charge in [0.15, 0.2) is 0 Å². The zero-order chi connectivity index (χ0) is 12.6. The van der Waals surface area contributed by atoms with Gasteiger partial charge in [-0.15, -0.1) is 0 Å². The van der Waals surface area contributed by atoms with Gasteiger partial charge in [-0.05, 0) is 13.8 Å². The van der Waals surface area contributed by atoms with E-state index in [1.807, 2.05) is 0 Å². The number of nitrogens with zero attached hydrogens (tertiary/aromatic N) is 2. The van der Waals surface area contributed by atoms with Crippen LogP contribution in [0.25, 0.3) is 0 Å². The van der Waals surface area contributed by atoms with Crippen molar-refractivity contribution in [3.05, 3.63) is 0 Å². The van der Waals surface area contributed by atoms with Crippen LogP contribution in [-0.2, 0) is 19.1 Å². The van der Waals surface area contributed by atoms with Gasteiger partial charge in [-0.2, -0.15) is 10.2 Å². The second kappa shape index (κ2) is 4.01. The van der Waals surface area contributed by atoms with E-state index in [1.165, 1.54) is 14.2 Å². The molecule has 7 heteroatoms. The van der Waals surface area contributed by atoms with Crippen molar-refractivity contribution in [2.24, 2.45) is 16.1 Å². The molecule has 1 aliphatic heterocycles. The fourth-order valence-corrected chi connectivity index (χ4v) is 2.12. The van der Waals surface area contributed by atoms with Gasteiger partial charge in [0.2, 0.25) is 0 Å². The molecule has 0 aromatic carbocycles. The SMILES string of the molecule is COC(=O)C1C(C)(C)N=NC1(Cl)C(=O)OC. The summed E-state index contributed by atoms with van der Waals surface area (Å²) in [5.74, 6) is -2.46. The van der Waals surface area contributed by atoms with Crippen molar-refractivity contribution in [2.45, 2.75) is 24.4 Å². The molecule has 16 heavy (non-hydrogen) atoms. The maximum absolute atomic E-state index is 11.6. The molecule has 6 nitrogen and oxygen atoms in total. The lowest BCUT2D eigenvalue weighted by Crippen LogP contribution is -2.49. The minimum Gasteiger partial charge on any atom is -0.469 e. The number of carbonyl (C=O) groups is 2. The average molecular weight is 249 g/mol. The second-order valence-corrected chi connectivity index (χ2v) is 4.55. The zero-order valence-electron chi connectivity index (χ0n) is 9.48. The van der Waals surface area contributed by atoms with Crippen LogP contribution in [0.15, 0.2) is 10.2 Å². The molecule has 1 rings (SSSR count). The molecular weight excluding hydrogens is 236 g/mol. The quantitative estimate of drug-likeness (QED) is 0.417. The van der Waals surface area contributed by atoms with Crippen LogP contribution in [0.4, 0.5) is 0 Å². The molecule has 0 aromatic rings. The van der Waals surface area contributed by atoms with E-state index < -0.39 is 28.4 Å². The summed E-state index contributed by atoms with van der Waals surface area (Å²) in [5, 5.41) is 7.49. The largest absolute Gasteiger partial charge is 0.469 e. The first-order chi connectivity index (χ1) is 7.29. The number of hydrogen-bond donors (Lipinski definition) is 0. The van der Waals surface area contributed by atoms with Crippen LogP contribution in [0.1, 0.15) is 13.8 Å². The molecule has 0 spiro atoms. The Bertz CT molecular complexity index is 355. The molecule has 0 saturated carbocycles. The number of halogens is 1. The highest BCUT2D eigenvalue weighted by Crippen LogP contribution is 2.45. The van der Waals surface area contributed by atoms with Gasteiger partial charge in [0.1, 0.15) is 5.92 Å². The summed E-state index contributed by atoms with van der Waals surface area (Å²) >= 11 is 6.01. The maximum atomic E-state index is 11.6. The smallest absolute Gasteiger partial charge is 0.352 e. The van der Waals surface area contributed by atoms with Gasteiger partial charge in [-0.25, -0.2) is 4.79 Å². The normalized spacial score (nSPS) is 31.2. The van der Waals surface area contributed by atoms with Crippen LogP contribution in [-0.4, -0.2) is 36.7 Å². The van der Waals surface area contributed by atoms with Gasteiger partial charge < -0.3 is 9.47 Å². The fourth-order valence-electron chi connectivity index (χ4n) is 1.65. The van der Waals surface area contributed by atoms with Crippen LogP contribution in [0.5, 0.6) is 0 Å². The molecule has 0 fully saturated rings. The Balaban J connectivity index is 3.17. The summed E-state index contributed by atoms with van der Waals surface area (Å²) in [6.07, 6.45) is 0. The van der Waals surface area contributed by atoms with E-state index in [0.29, 0.717) is 0 Å². The van der Waals surface area contributed by atoms with Crippen LogP contribution in [0, 0.1) is 5.92 Å². The lowest BCUT2D eigenvalue weighted by atomic mass is 9.83. The first-order valence-electron chi connectivity index (χ1n) is 4.59. The molecule has 1 heterocycles. The average Bonchev–Trinajstić information content (AvgIpc) is 2.49. The Morgan fingerprint density at radius 1 is 1.19 bits per heavy atom. The number of methoxy groups -OCH3 is 2. The number of ether oxygens (including phenoxy) is 2. The van der Waals surface area contributed by atoms with Gasteiger partial charge in [-0.3, -0.25) is 4.79 Å². The molecule has 0 radical (unpaired) electrons. The van der Waals surface area contributed by atoms with Crippen molar-refractivity contribution in [2.75, 3.05) is 14.2 Å². The number of carbonyl (C=O) groups excluding carboxylic acids is 2. The van der Waals surface area contributed by atoms with E-state index in [2.05, 4.69) is 19.7 Å². The van der Waals surface area contributed by atoms with Crippen molar-refractivity contribution < 1.29 is 19.1 Å². The van der Waals surface area contributed by atoms with Crippen LogP contribution >= 0.6 is 11.6 Å². The van der Waals surface area contributed by atoms with Crippen LogP contribution in [0.3, 0.4) is 0 Å². The standard InChI is InChI=1S/C9H13ClN2O4/c1-8(2)5(6(13)15-3)9(10,12-11-8)7(14)16-4/h5H,1-4H3.